The summed E-state index contributed by atoms with van der Waals surface area (Å²) in [5, 5.41) is 0. The van der Waals surface area contributed by atoms with Crippen LogP contribution in [0.1, 0.15) is 39.2 Å². The minimum atomic E-state index is 0.124. The third-order valence-corrected chi connectivity index (χ3v) is 3.06. The molecule has 0 saturated carbocycles. The van der Waals surface area contributed by atoms with E-state index in [9.17, 15) is 4.79 Å². The largest absolute Gasteiger partial charge is 0.399 e. The normalized spacial score (nSPS) is 10.8. The monoisotopic (exact) mass is 278 g/mol. The van der Waals surface area contributed by atoms with E-state index in [1.54, 1.807) is 0 Å². The Morgan fingerprint density at radius 3 is 2.70 bits per heavy atom. The number of hydrogen-bond acceptors (Lipinski definition) is 3. The lowest BCUT2D eigenvalue weighted by molar-refractivity contribution is -0.134. The van der Waals surface area contributed by atoms with Gasteiger partial charge in [-0.25, -0.2) is 0 Å². The van der Waals surface area contributed by atoms with Crippen LogP contribution in [0.15, 0.2) is 24.3 Å². The maximum Gasteiger partial charge on any atom is 0.225 e. The summed E-state index contributed by atoms with van der Waals surface area (Å²) in [5.74, 6) is 0.124. The second-order valence-corrected chi connectivity index (χ2v) is 5.22. The molecule has 0 spiro atoms. The highest BCUT2D eigenvalue weighted by Crippen LogP contribution is 2.13. The quantitative estimate of drug-likeness (QED) is 0.587. The van der Waals surface area contributed by atoms with Crippen molar-refractivity contribution in [2.24, 2.45) is 0 Å². The zero-order valence-corrected chi connectivity index (χ0v) is 12.8. The van der Waals surface area contributed by atoms with Gasteiger partial charge in [0, 0.05) is 24.9 Å². The Labute approximate surface area is 121 Å². The van der Waals surface area contributed by atoms with Gasteiger partial charge in [-0.2, -0.15) is 0 Å². The summed E-state index contributed by atoms with van der Waals surface area (Å²) in [6.45, 7) is 7.91. The summed E-state index contributed by atoms with van der Waals surface area (Å²) in [7, 11) is 0. The van der Waals surface area contributed by atoms with Gasteiger partial charge in [0.1, 0.15) is 0 Å². The van der Waals surface area contributed by atoms with Crippen LogP contribution in [0.2, 0.25) is 0 Å². The lowest BCUT2D eigenvalue weighted by Crippen LogP contribution is -2.36. The van der Waals surface area contributed by atoms with E-state index >= 15 is 0 Å². The predicted molar refractivity (Wildman–Crippen MR) is 82.3 cm³/mol. The second kappa shape index (κ2) is 8.59. The molecule has 0 bridgehead atoms. The lowest BCUT2D eigenvalue weighted by atomic mass is 10.1. The average Bonchev–Trinajstić information content (AvgIpc) is 2.40. The van der Waals surface area contributed by atoms with Gasteiger partial charge in [-0.15, -0.1) is 0 Å². The third kappa shape index (κ3) is 5.61. The molecule has 0 aromatic heterocycles. The van der Waals surface area contributed by atoms with E-state index in [0.29, 0.717) is 26.2 Å². The average molecular weight is 278 g/mol. The number of hydrogen-bond donors (Lipinski definition) is 1. The van der Waals surface area contributed by atoms with Gasteiger partial charge in [-0.3, -0.25) is 4.79 Å². The first-order chi connectivity index (χ1) is 9.54. The summed E-state index contributed by atoms with van der Waals surface area (Å²) in [4.78, 5) is 14.1. The highest BCUT2D eigenvalue weighted by Gasteiger charge is 2.17. The molecule has 0 unspecified atom stereocenters. The topological polar surface area (TPSA) is 55.6 Å². The van der Waals surface area contributed by atoms with E-state index in [-0.39, 0.29) is 11.9 Å². The second-order valence-electron chi connectivity index (χ2n) is 5.22. The van der Waals surface area contributed by atoms with Gasteiger partial charge in [0.25, 0.3) is 0 Å². The van der Waals surface area contributed by atoms with Crippen LogP contribution in [0.3, 0.4) is 0 Å². The van der Waals surface area contributed by atoms with E-state index in [4.69, 9.17) is 10.5 Å². The van der Waals surface area contributed by atoms with Crippen molar-refractivity contribution in [1.82, 2.24) is 4.90 Å². The number of nitrogen functional groups attached to an aromatic ring is 1. The number of carbonyl (C=O) groups is 1. The van der Waals surface area contributed by atoms with Crippen molar-refractivity contribution in [3.8, 4) is 0 Å². The Morgan fingerprint density at radius 2 is 2.10 bits per heavy atom. The number of amides is 1. The Balaban J connectivity index is 2.57. The summed E-state index contributed by atoms with van der Waals surface area (Å²) < 4.78 is 5.39. The van der Waals surface area contributed by atoms with Gasteiger partial charge in [0.05, 0.1) is 13.0 Å². The van der Waals surface area contributed by atoms with Gasteiger partial charge in [0.2, 0.25) is 5.91 Å². The van der Waals surface area contributed by atoms with Crippen molar-refractivity contribution in [3.63, 3.8) is 0 Å². The van der Waals surface area contributed by atoms with Crippen molar-refractivity contribution in [3.05, 3.63) is 29.8 Å². The van der Waals surface area contributed by atoms with Crippen molar-refractivity contribution >= 4 is 11.6 Å². The summed E-state index contributed by atoms with van der Waals surface area (Å²) >= 11 is 0. The smallest absolute Gasteiger partial charge is 0.225 e. The van der Waals surface area contributed by atoms with E-state index < -0.39 is 0 Å². The van der Waals surface area contributed by atoms with E-state index in [1.165, 1.54) is 0 Å². The number of ether oxygens (including phenoxy) is 1. The number of benzene rings is 1. The number of anilines is 1. The number of carbonyl (C=O) groups excluding carboxylic acids is 1. The molecule has 1 amide bonds. The molecule has 0 aliphatic heterocycles. The van der Waals surface area contributed by atoms with Crippen molar-refractivity contribution in [1.29, 1.82) is 0 Å². The van der Waals surface area contributed by atoms with Gasteiger partial charge in [-0.05, 0) is 38.0 Å². The van der Waals surface area contributed by atoms with Crippen LogP contribution in [0.5, 0.6) is 0 Å². The molecule has 0 fully saturated rings. The Bertz CT molecular complexity index is 419. The number of rotatable bonds is 8. The number of nitrogens with two attached hydrogens (primary N) is 1. The molecule has 0 radical (unpaired) electrons. The molecule has 4 nitrogen and oxygen atoms in total. The highest BCUT2D eigenvalue weighted by atomic mass is 16.5. The van der Waals surface area contributed by atoms with E-state index in [1.807, 2.05) is 43.0 Å². The molecule has 0 aliphatic rings. The summed E-state index contributed by atoms with van der Waals surface area (Å²) in [6.07, 6.45) is 1.41. The zero-order chi connectivity index (χ0) is 15.0. The van der Waals surface area contributed by atoms with Crippen LogP contribution in [-0.4, -0.2) is 30.1 Å². The summed E-state index contributed by atoms with van der Waals surface area (Å²) in [6, 6.07) is 7.83. The van der Waals surface area contributed by atoms with Gasteiger partial charge < -0.3 is 15.4 Å². The first-order valence-corrected chi connectivity index (χ1v) is 7.26. The third-order valence-electron chi connectivity index (χ3n) is 3.06. The van der Waals surface area contributed by atoms with Crippen LogP contribution in [-0.2, 0) is 16.1 Å². The van der Waals surface area contributed by atoms with Crippen molar-refractivity contribution in [2.45, 2.75) is 46.2 Å². The SMILES string of the molecule is CCCOCCC(=O)N(Cc1cccc(N)c1)C(C)C. The molecule has 0 atom stereocenters. The maximum absolute atomic E-state index is 12.3. The standard InChI is InChI=1S/C16H26N2O2/c1-4-9-20-10-8-16(19)18(13(2)3)12-14-6-5-7-15(17)11-14/h5-7,11,13H,4,8-10,12,17H2,1-3H3. The summed E-state index contributed by atoms with van der Waals surface area (Å²) in [5.41, 5.74) is 7.56. The maximum atomic E-state index is 12.3. The van der Waals surface area contributed by atoms with Crippen LogP contribution >= 0.6 is 0 Å². The molecule has 1 aromatic rings. The van der Waals surface area contributed by atoms with Crippen LogP contribution in [0, 0.1) is 0 Å². The minimum absolute atomic E-state index is 0.124. The van der Waals surface area contributed by atoms with Crippen LogP contribution < -0.4 is 5.73 Å². The Morgan fingerprint density at radius 1 is 1.35 bits per heavy atom. The lowest BCUT2D eigenvalue weighted by Gasteiger charge is -2.27. The molecule has 20 heavy (non-hydrogen) atoms. The fourth-order valence-corrected chi connectivity index (χ4v) is 2.00. The molecular formula is C16H26N2O2. The molecule has 4 heteroatoms. The van der Waals surface area contributed by atoms with E-state index in [2.05, 4.69) is 6.92 Å². The number of nitrogens with zero attached hydrogens (tertiary/aromatic N) is 1. The predicted octanol–water partition coefficient (Wildman–Crippen LogP) is 2.82. The first kappa shape index (κ1) is 16.5. The van der Waals surface area contributed by atoms with Crippen molar-refractivity contribution in [2.75, 3.05) is 18.9 Å². The van der Waals surface area contributed by atoms with E-state index in [0.717, 1.165) is 17.7 Å². The molecule has 2 N–H and O–H groups in total. The highest BCUT2D eigenvalue weighted by molar-refractivity contribution is 5.76. The molecule has 0 saturated heterocycles. The van der Waals surface area contributed by atoms with Crippen molar-refractivity contribution < 1.29 is 9.53 Å². The molecule has 1 rings (SSSR count). The molecule has 1 aromatic carbocycles. The molecule has 0 heterocycles. The van der Waals surface area contributed by atoms with Crippen LogP contribution in [0.4, 0.5) is 5.69 Å². The molecule has 112 valence electrons. The van der Waals surface area contributed by atoms with Gasteiger partial charge in [-0.1, -0.05) is 19.1 Å². The zero-order valence-electron chi connectivity index (χ0n) is 12.8. The minimum Gasteiger partial charge on any atom is -0.399 e. The fraction of sp³-hybridized carbons (Fsp3) is 0.562. The Hall–Kier alpha value is -1.55. The van der Waals surface area contributed by atoms with Crippen LogP contribution in [0.25, 0.3) is 0 Å². The molecule has 0 aliphatic carbocycles. The van der Waals surface area contributed by atoms with Gasteiger partial charge >= 0.3 is 0 Å². The first-order valence-electron chi connectivity index (χ1n) is 7.26. The Kier molecular flexibility index (Phi) is 7.09. The van der Waals surface area contributed by atoms with Gasteiger partial charge in [0.15, 0.2) is 0 Å². The molecular weight excluding hydrogens is 252 g/mol. The fourth-order valence-electron chi connectivity index (χ4n) is 2.00.